The Labute approximate surface area is 175 Å². The maximum absolute atomic E-state index is 12.9. The lowest BCUT2D eigenvalue weighted by Crippen LogP contribution is -2.40. The summed E-state index contributed by atoms with van der Waals surface area (Å²) in [5, 5.41) is 2.51. The summed E-state index contributed by atoms with van der Waals surface area (Å²) in [5.74, 6) is -1.06. The lowest BCUT2D eigenvalue weighted by molar-refractivity contribution is -0.139. The molecule has 1 aliphatic heterocycles. The third-order valence-electron chi connectivity index (χ3n) is 4.21. The third kappa shape index (κ3) is 5.50. The average molecular weight is 464 g/mol. The minimum absolute atomic E-state index is 0.0341. The predicted octanol–water partition coefficient (Wildman–Crippen LogP) is 2.48. The summed E-state index contributed by atoms with van der Waals surface area (Å²) in [4.78, 5) is 12.5. The first-order valence-corrected chi connectivity index (χ1v) is 11.2. The minimum Gasteiger partial charge on any atom is -0.483 e. The number of rotatable bonds is 7. The monoisotopic (exact) mass is 464 g/mol. The summed E-state index contributed by atoms with van der Waals surface area (Å²) in [6.45, 7) is 0.672. The second-order valence-corrected chi connectivity index (χ2v) is 9.63. The molecule has 0 unspecified atom stereocenters. The van der Waals surface area contributed by atoms with Crippen molar-refractivity contribution in [1.29, 1.82) is 0 Å². The summed E-state index contributed by atoms with van der Waals surface area (Å²) < 4.78 is 75.7. The van der Waals surface area contributed by atoms with E-state index in [0.717, 1.165) is 23.5 Å². The molecule has 2 heterocycles. The van der Waals surface area contributed by atoms with Crippen molar-refractivity contribution in [2.24, 2.45) is 0 Å². The highest BCUT2D eigenvalue weighted by Crippen LogP contribution is 2.35. The molecule has 1 N–H and O–H groups in total. The second-order valence-electron chi connectivity index (χ2n) is 6.30. The van der Waals surface area contributed by atoms with E-state index in [1.54, 1.807) is 6.07 Å². The zero-order valence-corrected chi connectivity index (χ0v) is 17.3. The zero-order chi connectivity index (χ0) is 21.8. The molecule has 1 aromatic carbocycles. The van der Waals surface area contributed by atoms with Crippen molar-refractivity contribution in [3.8, 4) is 5.75 Å². The standard InChI is InChI=1S/C18H19F3N2O5S2/c19-18(20,21)14-3-1-2-4-15(14)28-12-16(24)22-11-13-5-6-17(29-13)30(25,26)23-7-9-27-10-8-23/h1-6H,7-12H2,(H,22,24). The highest BCUT2D eigenvalue weighted by molar-refractivity contribution is 7.91. The van der Waals surface area contributed by atoms with Crippen LogP contribution < -0.4 is 10.1 Å². The zero-order valence-electron chi connectivity index (χ0n) is 15.6. The number of carbonyl (C=O) groups excluding carboxylic acids is 1. The highest BCUT2D eigenvalue weighted by Gasteiger charge is 2.34. The van der Waals surface area contributed by atoms with E-state index in [-0.39, 0.29) is 23.8 Å². The fourth-order valence-corrected chi connectivity index (χ4v) is 5.57. The molecule has 12 heteroatoms. The van der Waals surface area contributed by atoms with Gasteiger partial charge in [0.15, 0.2) is 6.61 Å². The van der Waals surface area contributed by atoms with Crippen LogP contribution in [0.4, 0.5) is 13.2 Å². The van der Waals surface area contributed by atoms with Gasteiger partial charge < -0.3 is 14.8 Å². The Balaban J connectivity index is 1.54. The molecule has 0 bridgehead atoms. The van der Waals surface area contributed by atoms with Crippen molar-refractivity contribution in [3.05, 3.63) is 46.8 Å². The number of amides is 1. The number of ether oxygens (including phenoxy) is 2. The third-order valence-corrected chi connectivity index (χ3v) is 7.66. The van der Waals surface area contributed by atoms with E-state index in [1.165, 1.54) is 22.5 Å². The quantitative estimate of drug-likeness (QED) is 0.681. The Morgan fingerprint density at radius 2 is 1.87 bits per heavy atom. The molecule has 164 valence electrons. The lowest BCUT2D eigenvalue weighted by Gasteiger charge is -2.25. The highest BCUT2D eigenvalue weighted by atomic mass is 32.2. The molecule has 1 aliphatic rings. The fourth-order valence-electron chi connectivity index (χ4n) is 2.71. The summed E-state index contributed by atoms with van der Waals surface area (Å²) in [7, 11) is -3.62. The molecule has 0 saturated carbocycles. The lowest BCUT2D eigenvalue weighted by atomic mass is 10.2. The topological polar surface area (TPSA) is 84.9 Å². The molecular formula is C18H19F3N2O5S2. The van der Waals surface area contributed by atoms with Crippen molar-refractivity contribution in [2.75, 3.05) is 32.9 Å². The molecule has 7 nitrogen and oxygen atoms in total. The number of para-hydroxylation sites is 1. The van der Waals surface area contributed by atoms with E-state index in [0.29, 0.717) is 18.1 Å². The Morgan fingerprint density at radius 3 is 2.57 bits per heavy atom. The smallest absolute Gasteiger partial charge is 0.419 e. The van der Waals surface area contributed by atoms with Crippen molar-refractivity contribution < 1.29 is 35.9 Å². The van der Waals surface area contributed by atoms with Gasteiger partial charge in [0.25, 0.3) is 15.9 Å². The van der Waals surface area contributed by atoms with Gasteiger partial charge in [-0.15, -0.1) is 11.3 Å². The number of nitrogens with zero attached hydrogens (tertiary/aromatic N) is 1. The average Bonchev–Trinajstić information content (AvgIpc) is 3.21. The number of halogens is 3. The van der Waals surface area contributed by atoms with Gasteiger partial charge in [-0.2, -0.15) is 17.5 Å². The molecule has 1 fully saturated rings. The van der Waals surface area contributed by atoms with Crippen LogP contribution >= 0.6 is 11.3 Å². The van der Waals surface area contributed by atoms with E-state index in [4.69, 9.17) is 9.47 Å². The van der Waals surface area contributed by atoms with Crippen LogP contribution in [0.15, 0.2) is 40.6 Å². The van der Waals surface area contributed by atoms with Crippen LogP contribution in [-0.2, 0) is 32.3 Å². The Kier molecular flexibility index (Phi) is 7.01. The number of hydrogen-bond acceptors (Lipinski definition) is 6. The molecule has 2 aromatic rings. The van der Waals surface area contributed by atoms with Crippen molar-refractivity contribution in [3.63, 3.8) is 0 Å². The SMILES string of the molecule is O=C(COc1ccccc1C(F)(F)F)NCc1ccc(S(=O)(=O)N2CCOCC2)s1. The van der Waals surface area contributed by atoms with Crippen LogP contribution in [0, 0.1) is 0 Å². The van der Waals surface area contributed by atoms with Gasteiger partial charge in [0, 0.05) is 18.0 Å². The minimum atomic E-state index is -4.59. The van der Waals surface area contributed by atoms with Crippen molar-refractivity contribution in [1.82, 2.24) is 9.62 Å². The molecule has 1 amide bonds. The fraction of sp³-hybridized carbons (Fsp3) is 0.389. The van der Waals surface area contributed by atoms with Crippen LogP contribution in [0.5, 0.6) is 5.75 Å². The summed E-state index contributed by atoms with van der Waals surface area (Å²) in [6, 6.07) is 7.66. The van der Waals surface area contributed by atoms with Gasteiger partial charge >= 0.3 is 6.18 Å². The van der Waals surface area contributed by atoms with Gasteiger partial charge in [0.05, 0.1) is 25.3 Å². The molecule has 0 spiro atoms. The van der Waals surface area contributed by atoms with Gasteiger partial charge in [-0.25, -0.2) is 8.42 Å². The molecule has 1 saturated heterocycles. The largest absolute Gasteiger partial charge is 0.483 e. The van der Waals surface area contributed by atoms with Gasteiger partial charge in [0.1, 0.15) is 9.96 Å². The first-order chi connectivity index (χ1) is 14.2. The Bertz CT molecular complexity index is 986. The Hall–Kier alpha value is -2.15. The van der Waals surface area contributed by atoms with E-state index in [1.807, 2.05) is 0 Å². The molecule has 1 aromatic heterocycles. The number of morpholine rings is 1. The summed E-state index contributed by atoms with van der Waals surface area (Å²) in [5.41, 5.74) is -0.964. The van der Waals surface area contributed by atoms with E-state index < -0.39 is 40.0 Å². The normalized spacial score (nSPS) is 15.7. The van der Waals surface area contributed by atoms with Crippen LogP contribution in [-0.4, -0.2) is 51.5 Å². The molecule has 0 aliphatic carbocycles. The predicted molar refractivity (Wildman–Crippen MR) is 103 cm³/mol. The maximum Gasteiger partial charge on any atom is 0.419 e. The van der Waals surface area contributed by atoms with Gasteiger partial charge in [-0.1, -0.05) is 12.1 Å². The number of nitrogens with one attached hydrogen (secondary N) is 1. The first-order valence-electron chi connectivity index (χ1n) is 8.90. The molecule has 0 atom stereocenters. The van der Waals surface area contributed by atoms with Crippen molar-refractivity contribution in [2.45, 2.75) is 16.9 Å². The number of benzene rings is 1. The Morgan fingerprint density at radius 1 is 1.17 bits per heavy atom. The van der Waals surface area contributed by atoms with Crippen molar-refractivity contribution >= 4 is 27.3 Å². The molecule has 30 heavy (non-hydrogen) atoms. The molecular weight excluding hydrogens is 445 g/mol. The van der Waals surface area contributed by atoms with E-state index in [9.17, 15) is 26.4 Å². The van der Waals surface area contributed by atoms with Gasteiger partial charge in [-0.3, -0.25) is 4.79 Å². The number of carbonyl (C=O) groups is 1. The second kappa shape index (κ2) is 9.33. The van der Waals surface area contributed by atoms with Crippen LogP contribution in [0.3, 0.4) is 0 Å². The number of thiophene rings is 1. The maximum atomic E-state index is 12.9. The van der Waals surface area contributed by atoms with Crippen LogP contribution in [0.25, 0.3) is 0 Å². The van der Waals surface area contributed by atoms with Crippen LogP contribution in [0.2, 0.25) is 0 Å². The number of sulfonamides is 1. The van der Waals surface area contributed by atoms with Crippen LogP contribution in [0.1, 0.15) is 10.4 Å². The summed E-state index contributed by atoms with van der Waals surface area (Å²) >= 11 is 1.02. The summed E-state index contributed by atoms with van der Waals surface area (Å²) in [6.07, 6.45) is -4.59. The van der Waals surface area contributed by atoms with Gasteiger partial charge in [-0.05, 0) is 24.3 Å². The molecule has 0 radical (unpaired) electrons. The van der Waals surface area contributed by atoms with E-state index >= 15 is 0 Å². The number of alkyl halides is 3. The molecule has 3 rings (SSSR count). The van der Waals surface area contributed by atoms with E-state index in [2.05, 4.69) is 5.32 Å². The number of hydrogen-bond donors (Lipinski definition) is 1. The first kappa shape index (κ1) is 22.5. The van der Waals surface area contributed by atoms with Gasteiger partial charge in [0.2, 0.25) is 0 Å².